The number of aliphatic hydroxyl groups is 1. The molecule has 1 aliphatic heterocycles. The number of aliphatic hydroxyl groups excluding tert-OH is 1. The first-order chi connectivity index (χ1) is 8.45. The summed E-state index contributed by atoms with van der Waals surface area (Å²) in [7, 11) is 1.52. The second kappa shape index (κ2) is 6.34. The van der Waals surface area contributed by atoms with Crippen LogP contribution >= 0.6 is 0 Å². The summed E-state index contributed by atoms with van der Waals surface area (Å²) in [4.78, 5) is 36.7. The molecular formula is C11H19N3O4. The van der Waals surface area contributed by atoms with Gasteiger partial charge in [0.25, 0.3) is 5.91 Å². The molecule has 4 amide bonds. The van der Waals surface area contributed by atoms with Gasteiger partial charge in [0.1, 0.15) is 13.1 Å². The van der Waals surface area contributed by atoms with Gasteiger partial charge in [-0.15, -0.1) is 0 Å². The van der Waals surface area contributed by atoms with E-state index in [1.54, 1.807) is 0 Å². The van der Waals surface area contributed by atoms with Crippen LogP contribution in [0.25, 0.3) is 0 Å². The van der Waals surface area contributed by atoms with Crippen LogP contribution in [0, 0.1) is 5.92 Å². The standard InChI is InChI=1S/C11H19N3O4/c1-8(3-4-15)5-12-9(16)6-14-10(17)7-13(2)11(14)18/h8,15H,3-7H2,1-2H3,(H,12,16). The van der Waals surface area contributed by atoms with Gasteiger partial charge >= 0.3 is 6.03 Å². The van der Waals surface area contributed by atoms with E-state index in [9.17, 15) is 14.4 Å². The normalized spacial score (nSPS) is 17.3. The molecule has 0 bridgehead atoms. The minimum atomic E-state index is -0.446. The Hall–Kier alpha value is -1.63. The van der Waals surface area contributed by atoms with Gasteiger partial charge in [0.05, 0.1) is 0 Å². The molecule has 7 nitrogen and oxygen atoms in total. The Labute approximate surface area is 106 Å². The second-order valence-corrected chi connectivity index (χ2v) is 4.54. The highest BCUT2D eigenvalue weighted by molar-refractivity contribution is 6.04. The van der Waals surface area contributed by atoms with Crippen LogP contribution in [0.3, 0.4) is 0 Å². The molecule has 18 heavy (non-hydrogen) atoms. The molecule has 1 atom stereocenters. The third-order valence-corrected chi connectivity index (χ3v) is 2.80. The van der Waals surface area contributed by atoms with Crippen molar-refractivity contribution in [3.05, 3.63) is 0 Å². The van der Waals surface area contributed by atoms with E-state index in [0.29, 0.717) is 13.0 Å². The van der Waals surface area contributed by atoms with Crippen LogP contribution < -0.4 is 5.32 Å². The van der Waals surface area contributed by atoms with Crippen molar-refractivity contribution >= 4 is 17.8 Å². The highest BCUT2D eigenvalue weighted by Gasteiger charge is 2.34. The summed E-state index contributed by atoms with van der Waals surface area (Å²) < 4.78 is 0. The first-order valence-electron chi connectivity index (χ1n) is 5.88. The molecule has 0 spiro atoms. The van der Waals surface area contributed by atoms with Crippen molar-refractivity contribution in [2.75, 3.05) is 33.3 Å². The van der Waals surface area contributed by atoms with Crippen molar-refractivity contribution in [3.63, 3.8) is 0 Å². The minimum absolute atomic E-state index is 0.0209. The zero-order chi connectivity index (χ0) is 13.7. The van der Waals surface area contributed by atoms with Gasteiger partial charge in [-0.05, 0) is 12.3 Å². The van der Waals surface area contributed by atoms with Crippen LogP contribution in [0.2, 0.25) is 0 Å². The smallest absolute Gasteiger partial charge is 0.327 e. The quantitative estimate of drug-likeness (QED) is 0.598. The highest BCUT2D eigenvalue weighted by atomic mass is 16.3. The number of imide groups is 1. The van der Waals surface area contributed by atoms with Crippen LogP contribution in [0.1, 0.15) is 13.3 Å². The van der Waals surface area contributed by atoms with Crippen molar-refractivity contribution in [3.8, 4) is 0 Å². The summed E-state index contributed by atoms with van der Waals surface area (Å²) in [5.74, 6) is -0.565. The fraction of sp³-hybridized carbons (Fsp3) is 0.727. The number of nitrogens with one attached hydrogen (secondary N) is 1. The summed E-state index contributed by atoms with van der Waals surface area (Å²) in [5, 5.41) is 11.3. The van der Waals surface area contributed by atoms with E-state index in [0.717, 1.165) is 4.90 Å². The number of nitrogens with zero attached hydrogens (tertiary/aromatic N) is 2. The zero-order valence-corrected chi connectivity index (χ0v) is 10.7. The SMILES string of the molecule is CC(CCO)CNC(=O)CN1C(=O)CN(C)C1=O. The lowest BCUT2D eigenvalue weighted by atomic mass is 10.1. The number of carbonyl (C=O) groups is 3. The first kappa shape index (κ1) is 14.4. The fourth-order valence-corrected chi connectivity index (χ4v) is 1.63. The van der Waals surface area contributed by atoms with E-state index in [2.05, 4.69) is 5.32 Å². The van der Waals surface area contributed by atoms with Crippen LogP contribution in [-0.2, 0) is 9.59 Å². The van der Waals surface area contributed by atoms with E-state index >= 15 is 0 Å². The van der Waals surface area contributed by atoms with Crippen molar-refractivity contribution in [2.24, 2.45) is 5.92 Å². The van der Waals surface area contributed by atoms with E-state index < -0.39 is 6.03 Å². The summed E-state index contributed by atoms with van der Waals surface area (Å²) in [6.07, 6.45) is 0.602. The Morgan fingerprint density at radius 3 is 2.67 bits per heavy atom. The molecule has 0 radical (unpaired) electrons. The third-order valence-electron chi connectivity index (χ3n) is 2.80. The molecule has 1 aliphatic rings. The Kier molecular flexibility index (Phi) is 5.08. The van der Waals surface area contributed by atoms with Gasteiger partial charge in [0.15, 0.2) is 0 Å². The maximum absolute atomic E-state index is 11.6. The summed E-state index contributed by atoms with van der Waals surface area (Å²) in [5.41, 5.74) is 0. The molecular weight excluding hydrogens is 238 g/mol. The maximum Gasteiger partial charge on any atom is 0.327 e. The molecule has 0 aromatic heterocycles. The molecule has 0 aromatic rings. The first-order valence-corrected chi connectivity index (χ1v) is 5.88. The van der Waals surface area contributed by atoms with Gasteiger partial charge in [0, 0.05) is 20.2 Å². The molecule has 7 heteroatoms. The molecule has 102 valence electrons. The lowest BCUT2D eigenvalue weighted by molar-refractivity contribution is -0.130. The van der Waals surface area contributed by atoms with Gasteiger partial charge < -0.3 is 15.3 Å². The number of rotatable bonds is 6. The average Bonchev–Trinajstić information content (AvgIpc) is 2.54. The summed E-state index contributed by atoms with van der Waals surface area (Å²) in [6.45, 7) is 2.17. The third kappa shape index (κ3) is 3.69. The minimum Gasteiger partial charge on any atom is -0.396 e. The summed E-state index contributed by atoms with van der Waals surface area (Å²) in [6, 6.07) is -0.446. The fourth-order valence-electron chi connectivity index (χ4n) is 1.63. The average molecular weight is 257 g/mol. The van der Waals surface area contributed by atoms with Gasteiger partial charge in [-0.2, -0.15) is 0 Å². The predicted molar refractivity (Wildman–Crippen MR) is 63.6 cm³/mol. The number of hydrogen-bond donors (Lipinski definition) is 2. The number of likely N-dealkylation sites (N-methyl/N-ethyl adjacent to an activating group) is 1. The Morgan fingerprint density at radius 2 is 2.17 bits per heavy atom. The molecule has 1 heterocycles. The van der Waals surface area contributed by atoms with Crippen molar-refractivity contribution in [2.45, 2.75) is 13.3 Å². The molecule has 2 N–H and O–H groups in total. The number of urea groups is 1. The van der Waals surface area contributed by atoms with Gasteiger partial charge in [-0.3, -0.25) is 14.5 Å². The monoisotopic (exact) mass is 257 g/mol. The highest BCUT2D eigenvalue weighted by Crippen LogP contribution is 2.07. The molecule has 0 aliphatic carbocycles. The summed E-state index contributed by atoms with van der Waals surface area (Å²) >= 11 is 0. The number of carbonyl (C=O) groups excluding carboxylic acids is 3. The van der Waals surface area contributed by atoms with Gasteiger partial charge in [0.2, 0.25) is 5.91 Å². The Morgan fingerprint density at radius 1 is 1.50 bits per heavy atom. The Balaban J connectivity index is 2.36. The maximum atomic E-state index is 11.6. The topological polar surface area (TPSA) is 89.9 Å². The van der Waals surface area contributed by atoms with Crippen LogP contribution in [0.4, 0.5) is 4.79 Å². The zero-order valence-electron chi connectivity index (χ0n) is 10.7. The molecule has 0 aromatic carbocycles. The number of hydrogen-bond acceptors (Lipinski definition) is 4. The number of amides is 4. The van der Waals surface area contributed by atoms with Crippen molar-refractivity contribution in [1.82, 2.24) is 15.1 Å². The van der Waals surface area contributed by atoms with E-state index in [1.807, 2.05) is 6.92 Å². The van der Waals surface area contributed by atoms with E-state index in [4.69, 9.17) is 5.11 Å². The van der Waals surface area contributed by atoms with Crippen LogP contribution in [0.5, 0.6) is 0 Å². The second-order valence-electron chi connectivity index (χ2n) is 4.54. The van der Waals surface area contributed by atoms with Crippen LogP contribution in [0.15, 0.2) is 0 Å². The molecule has 1 unspecified atom stereocenters. The van der Waals surface area contributed by atoms with Crippen molar-refractivity contribution < 1.29 is 19.5 Å². The lowest BCUT2D eigenvalue weighted by Crippen LogP contribution is -2.42. The van der Waals surface area contributed by atoms with E-state index in [-0.39, 0.29) is 37.4 Å². The van der Waals surface area contributed by atoms with Crippen molar-refractivity contribution in [1.29, 1.82) is 0 Å². The van der Waals surface area contributed by atoms with Gasteiger partial charge in [-0.1, -0.05) is 6.92 Å². The van der Waals surface area contributed by atoms with Gasteiger partial charge in [-0.25, -0.2) is 4.79 Å². The Bertz CT molecular complexity index is 345. The van der Waals surface area contributed by atoms with Crippen LogP contribution in [-0.4, -0.2) is 66.0 Å². The molecule has 1 fully saturated rings. The largest absolute Gasteiger partial charge is 0.396 e. The molecule has 1 rings (SSSR count). The lowest BCUT2D eigenvalue weighted by Gasteiger charge is -2.15. The van der Waals surface area contributed by atoms with E-state index in [1.165, 1.54) is 11.9 Å². The molecule has 1 saturated heterocycles. The predicted octanol–water partition coefficient (Wildman–Crippen LogP) is -0.985. The molecule has 0 saturated carbocycles.